The molecule has 1 atom stereocenters. The summed E-state index contributed by atoms with van der Waals surface area (Å²) in [7, 11) is 0. The van der Waals surface area contributed by atoms with Crippen LogP contribution in [0.3, 0.4) is 0 Å². The van der Waals surface area contributed by atoms with Gasteiger partial charge in [0.1, 0.15) is 12.4 Å². The molecular formula is C13H19FN2O2. The Hall–Kier alpha value is -1.46. The molecule has 0 aliphatic carbocycles. The third-order valence-electron chi connectivity index (χ3n) is 2.57. The molecule has 1 aromatic carbocycles. The number of primary amides is 1. The van der Waals surface area contributed by atoms with Crippen LogP contribution in [0.4, 0.5) is 4.39 Å². The average molecular weight is 254 g/mol. The van der Waals surface area contributed by atoms with Crippen molar-refractivity contribution in [1.29, 1.82) is 0 Å². The second-order valence-corrected chi connectivity index (χ2v) is 3.96. The maximum absolute atomic E-state index is 13.6. The summed E-state index contributed by atoms with van der Waals surface area (Å²) in [6, 6.07) is 6.64. The number of amides is 1. The summed E-state index contributed by atoms with van der Waals surface area (Å²) in [4.78, 5) is 10.4. The highest BCUT2D eigenvalue weighted by atomic mass is 19.1. The van der Waals surface area contributed by atoms with Crippen LogP contribution in [0.5, 0.6) is 0 Å². The number of hydrogen-bond donors (Lipinski definition) is 2. The smallest absolute Gasteiger partial charge is 0.243 e. The maximum Gasteiger partial charge on any atom is 0.243 e. The number of rotatable bonds is 8. The second kappa shape index (κ2) is 7.79. The lowest BCUT2D eigenvalue weighted by molar-refractivity contribution is -0.122. The molecule has 0 saturated carbocycles. The van der Waals surface area contributed by atoms with Crippen LogP contribution in [0.25, 0.3) is 0 Å². The molecule has 0 aromatic heterocycles. The molecule has 1 amide bonds. The van der Waals surface area contributed by atoms with Gasteiger partial charge in [-0.15, -0.1) is 0 Å². The molecule has 0 fully saturated rings. The summed E-state index contributed by atoms with van der Waals surface area (Å²) in [6.07, 6.45) is 0.775. The fourth-order valence-corrected chi connectivity index (χ4v) is 1.71. The first-order valence-electron chi connectivity index (χ1n) is 5.99. The van der Waals surface area contributed by atoms with E-state index < -0.39 is 5.91 Å². The maximum atomic E-state index is 13.6. The van der Waals surface area contributed by atoms with E-state index >= 15 is 0 Å². The third kappa shape index (κ3) is 4.81. The van der Waals surface area contributed by atoms with Crippen LogP contribution in [0, 0.1) is 5.82 Å². The minimum absolute atomic E-state index is 0.0524. The standard InChI is InChI=1S/C13H19FN2O2/c1-2-12(10-5-3-4-6-11(10)14)16-7-8-18-9-13(15)17/h3-6,12,16H,2,7-9H2,1H3,(H2,15,17). The van der Waals surface area contributed by atoms with Gasteiger partial charge in [0, 0.05) is 18.2 Å². The average Bonchev–Trinajstić information content (AvgIpc) is 2.35. The zero-order valence-corrected chi connectivity index (χ0v) is 10.5. The van der Waals surface area contributed by atoms with Gasteiger partial charge in [0.05, 0.1) is 6.61 Å². The van der Waals surface area contributed by atoms with Crippen LogP contribution >= 0.6 is 0 Å². The molecule has 0 bridgehead atoms. The molecule has 1 rings (SSSR count). The molecular weight excluding hydrogens is 235 g/mol. The molecule has 0 saturated heterocycles. The van der Waals surface area contributed by atoms with E-state index in [1.54, 1.807) is 12.1 Å². The van der Waals surface area contributed by atoms with Crippen LogP contribution < -0.4 is 11.1 Å². The molecule has 18 heavy (non-hydrogen) atoms. The van der Waals surface area contributed by atoms with E-state index in [2.05, 4.69) is 5.32 Å². The summed E-state index contributed by atoms with van der Waals surface area (Å²) in [6.45, 7) is 2.81. The Kier molecular flexibility index (Phi) is 6.32. The minimum Gasteiger partial charge on any atom is -0.370 e. The Bertz CT molecular complexity index is 385. The van der Waals surface area contributed by atoms with Gasteiger partial charge in [-0.3, -0.25) is 4.79 Å². The molecule has 5 heteroatoms. The van der Waals surface area contributed by atoms with Gasteiger partial charge >= 0.3 is 0 Å². The number of hydrogen-bond acceptors (Lipinski definition) is 3. The van der Waals surface area contributed by atoms with Crippen LogP contribution in [-0.2, 0) is 9.53 Å². The number of halogens is 1. The molecule has 100 valence electrons. The Labute approximate surface area is 106 Å². The molecule has 1 aromatic rings. The van der Waals surface area contributed by atoms with E-state index in [4.69, 9.17) is 10.5 Å². The third-order valence-corrected chi connectivity index (χ3v) is 2.57. The molecule has 1 unspecified atom stereocenters. The van der Waals surface area contributed by atoms with Gasteiger partial charge in [-0.05, 0) is 12.5 Å². The lowest BCUT2D eigenvalue weighted by atomic mass is 10.0. The quantitative estimate of drug-likeness (QED) is 0.689. The van der Waals surface area contributed by atoms with Gasteiger partial charge in [0.25, 0.3) is 0 Å². The van der Waals surface area contributed by atoms with Crippen molar-refractivity contribution in [3.05, 3.63) is 35.6 Å². The minimum atomic E-state index is -0.490. The highest BCUT2D eigenvalue weighted by Gasteiger charge is 2.12. The summed E-state index contributed by atoms with van der Waals surface area (Å²) in [5.41, 5.74) is 5.59. The van der Waals surface area contributed by atoms with Crippen molar-refractivity contribution in [2.24, 2.45) is 5.73 Å². The molecule has 0 aliphatic rings. The summed E-state index contributed by atoms with van der Waals surface area (Å²) in [5.74, 6) is -0.703. The lowest BCUT2D eigenvalue weighted by Crippen LogP contribution is -2.27. The van der Waals surface area contributed by atoms with E-state index in [1.807, 2.05) is 13.0 Å². The molecule has 0 aliphatic heterocycles. The number of carbonyl (C=O) groups excluding carboxylic acids is 1. The SMILES string of the molecule is CCC(NCCOCC(N)=O)c1ccccc1F. The van der Waals surface area contributed by atoms with Crippen molar-refractivity contribution in [3.8, 4) is 0 Å². The number of benzene rings is 1. The van der Waals surface area contributed by atoms with E-state index in [0.717, 1.165) is 6.42 Å². The lowest BCUT2D eigenvalue weighted by Gasteiger charge is -2.17. The van der Waals surface area contributed by atoms with E-state index in [1.165, 1.54) is 6.07 Å². The van der Waals surface area contributed by atoms with E-state index in [9.17, 15) is 9.18 Å². The zero-order chi connectivity index (χ0) is 13.4. The highest BCUT2D eigenvalue weighted by molar-refractivity contribution is 5.74. The van der Waals surface area contributed by atoms with Crippen LogP contribution in [0.1, 0.15) is 24.9 Å². The first kappa shape index (κ1) is 14.6. The molecule has 0 spiro atoms. The molecule has 0 radical (unpaired) electrons. The zero-order valence-electron chi connectivity index (χ0n) is 10.5. The van der Waals surface area contributed by atoms with Crippen molar-refractivity contribution in [1.82, 2.24) is 5.32 Å². The Morgan fingerprint density at radius 1 is 1.50 bits per heavy atom. The van der Waals surface area contributed by atoms with Crippen LogP contribution in [0.15, 0.2) is 24.3 Å². The predicted octanol–water partition coefficient (Wildman–Crippen LogP) is 1.37. The summed E-state index contributed by atoms with van der Waals surface area (Å²) < 4.78 is 18.6. The number of ether oxygens (including phenoxy) is 1. The van der Waals surface area contributed by atoms with Gasteiger partial charge in [0.15, 0.2) is 0 Å². The van der Waals surface area contributed by atoms with E-state index in [0.29, 0.717) is 18.7 Å². The molecule has 3 N–H and O–H groups in total. The van der Waals surface area contributed by atoms with Crippen molar-refractivity contribution in [3.63, 3.8) is 0 Å². The van der Waals surface area contributed by atoms with Crippen molar-refractivity contribution < 1.29 is 13.9 Å². The Morgan fingerprint density at radius 2 is 2.22 bits per heavy atom. The monoisotopic (exact) mass is 254 g/mol. The fraction of sp³-hybridized carbons (Fsp3) is 0.462. The van der Waals surface area contributed by atoms with Gasteiger partial charge in [-0.25, -0.2) is 4.39 Å². The van der Waals surface area contributed by atoms with Gasteiger partial charge in [0.2, 0.25) is 5.91 Å². The largest absolute Gasteiger partial charge is 0.370 e. The topological polar surface area (TPSA) is 64.3 Å². The van der Waals surface area contributed by atoms with Gasteiger partial charge in [-0.1, -0.05) is 25.1 Å². The Morgan fingerprint density at radius 3 is 2.83 bits per heavy atom. The predicted molar refractivity (Wildman–Crippen MR) is 67.4 cm³/mol. The number of carbonyl (C=O) groups is 1. The van der Waals surface area contributed by atoms with Crippen molar-refractivity contribution in [2.45, 2.75) is 19.4 Å². The second-order valence-electron chi connectivity index (χ2n) is 3.96. The number of nitrogens with two attached hydrogens (primary N) is 1. The first-order valence-corrected chi connectivity index (χ1v) is 5.99. The normalized spacial score (nSPS) is 12.3. The summed E-state index contributed by atoms with van der Waals surface area (Å²) >= 11 is 0. The number of nitrogens with one attached hydrogen (secondary N) is 1. The van der Waals surface area contributed by atoms with Gasteiger partial charge in [-0.2, -0.15) is 0 Å². The highest BCUT2D eigenvalue weighted by Crippen LogP contribution is 2.19. The van der Waals surface area contributed by atoms with Crippen molar-refractivity contribution in [2.75, 3.05) is 19.8 Å². The molecule has 4 nitrogen and oxygen atoms in total. The van der Waals surface area contributed by atoms with Crippen molar-refractivity contribution >= 4 is 5.91 Å². The van der Waals surface area contributed by atoms with Crippen LogP contribution in [0.2, 0.25) is 0 Å². The fourth-order valence-electron chi connectivity index (χ4n) is 1.71. The van der Waals surface area contributed by atoms with Gasteiger partial charge < -0.3 is 15.8 Å². The first-order chi connectivity index (χ1) is 8.65. The Balaban J connectivity index is 2.39. The van der Waals surface area contributed by atoms with Crippen LogP contribution in [-0.4, -0.2) is 25.7 Å². The molecule has 0 heterocycles. The van der Waals surface area contributed by atoms with E-state index in [-0.39, 0.29) is 18.5 Å². The summed E-state index contributed by atoms with van der Waals surface area (Å²) in [5, 5.41) is 3.18.